The molecular formula is C19H31FN2O2. The van der Waals surface area contributed by atoms with Gasteiger partial charge in [0.25, 0.3) is 0 Å². The fourth-order valence-corrected chi connectivity index (χ4v) is 2.70. The van der Waals surface area contributed by atoms with Crippen molar-refractivity contribution in [2.75, 3.05) is 39.4 Å². The van der Waals surface area contributed by atoms with Crippen molar-refractivity contribution in [2.45, 2.75) is 33.6 Å². The summed E-state index contributed by atoms with van der Waals surface area (Å²) in [4.78, 5) is 14.7. The van der Waals surface area contributed by atoms with E-state index >= 15 is 0 Å². The zero-order chi connectivity index (χ0) is 17.9. The Morgan fingerprint density at radius 1 is 1.17 bits per heavy atom. The van der Waals surface area contributed by atoms with Crippen molar-refractivity contribution in [3.05, 3.63) is 35.6 Å². The number of rotatable bonds is 11. The van der Waals surface area contributed by atoms with Gasteiger partial charge in [0.15, 0.2) is 0 Å². The molecule has 136 valence electrons. The van der Waals surface area contributed by atoms with Gasteiger partial charge in [-0.1, -0.05) is 39.8 Å². The average molecular weight is 338 g/mol. The first-order valence-corrected chi connectivity index (χ1v) is 8.82. The van der Waals surface area contributed by atoms with E-state index in [0.29, 0.717) is 19.8 Å². The predicted molar refractivity (Wildman–Crippen MR) is 95.6 cm³/mol. The number of ether oxygens (including phenoxy) is 1. The van der Waals surface area contributed by atoms with Crippen LogP contribution in [-0.2, 0) is 9.53 Å². The number of hydrogen-bond donors (Lipinski definition) is 1. The van der Waals surface area contributed by atoms with E-state index in [9.17, 15) is 9.18 Å². The Balaban J connectivity index is 2.37. The molecule has 4 nitrogen and oxygen atoms in total. The smallest absolute Gasteiger partial charge is 0.227 e. The molecule has 0 aliphatic carbocycles. The van der Waals surface area contributed by atoms with E-state index in [4.69, 9.17) is 4.74 Å². The minimum Gasteiger partial charge on any atom is -0.378 e. The SMILES string of the molecule is CCN(CC)CCOCCNC(=O)C(c1ccc(F)cc1)C(C)C. The molecule has 1 aromatic carbocycles. The molecule has 1 atom stereocenters. The third-order valence-electron chi connectivity index (χ3n) is 4.17. The van der Waals surface area contributed by atoms with Crippen LogP contribution in [0.3, 0.4) is 0 Å². The van der Waals surface area contributed by atoms with Crippen LogP contribution in [0.2, 0.25) is 0 Å². The summed E-state index contributed by atoms with van der Waals surface area (Å²) in [5.74, 6) is -0.465. The fourth-order valence-electron chi connectivity index (χ4n) is 2.70. The van der Waals surface area contributed by atoms with Gasteiger partial charge in [-0.2, -0.15) is 0 Å². The molecule has 1 rings (SSSR count). The van der Waals surface area contributed by atoms with Gasteiger partial charge in [-0.05, 0) is 36.7 Å². The zero-order valence-electron chi connectivity index (χ0n) is 15.3. The molecule has 0 spiro atoms. The largest absolute Gasteiger partial charge is 0.378 e. The Hall–Kier alpha value is -1.46. The number of nitrogens with zero attached hydrogens (tertiary/aromatic N) is 1. The van der Waals surface area contributed by atoms with E-state index in [1.165, 1.54) is 12.1 Å². The van der Waals surface area contributed by atoms with Gasteiger partial charge in [0.1, 0.15) is 5.82 Å². The summed E-state index contributed by atoms with van der Waals surface area (Å²) in [6.45, 7) is 12.9. The van der Waals surface area contributed by atoms with E-state index in [1.54, 1.807) is 12.1 Å². The van der Waals surface area contributed by atoms with Crippen molar-refractivity contribution in [3.63, 3.8) is 0 Å². The van der Waals surface area contributed by atoms with E-state index in [0.717, 1.165) is 25.2 Å². The highest BCUT2D eigenvalue weighted by atomic mass is 19.1. The van der Waals surface area contributed by atoms with E-state index < -0.39 is 0 Å². The quantitative estimate of drug-likeness (QED) is 0.631. The van der Waals surface area contributed by atoms with Crippen LogP contribution in [0.5, 0.6) is 0 Å². The van der Waals surface area contributed by atoms with Crippen molar-refractivity contribution >= 4 is 5.91 Å². The summed E-state index contributed by atoms with van der Waals surface area (Å²) in [7, 11) is 0. The van der Waals surface area contributed by atoms with Crippen LogP contribution in [0.4, 0.5) is 4.39 Å². The summed E-state index contributed by atoms with van der Waals surface area (Å²) in [5, 5.41) is 2.92. The van der Waals surface area contributed by atoms with Crippen LogP contribution < -0.4 is 5.32 Å². The molecule has 0 bridgehead atoms. The Kier molecular flexibility index (Phi) is 9.57. The standard InChI is InChI=1S/C19H31FN2O2/c1-5-22(6-2)12-14-24-13-11-21-19(23)18(15(3)4)16-7-9-17(20)10-8-16/h7-10,15,18H,5-6,11-14H2,1-4H3,(H,21,23). The molecule has 0 aromatic heterocycles. The molecule has 0 fully saturated rings. The second kappa shape index (κ2) is 11.2. The van der Waals surface area contributed by atoms with E-state index in [2.05, 4.69) is 24.1 Å². The molecule has 1 unspecified atom stereocenters. The summed E-state index contributed by atoms with van der Waals surface area (Å²) in [6, 6.07) is 6.16. The summed E-state index contributed by atoms with van der Waals surface area (Å²) >= 11 is 0. The molecule has 0 saturated carbocycles. The van der Waals surface area contributed by atoms with Crippen LogP contribution in [0, 0.1) is 11.7 Å². The van der Waals surface area contributed by atoms with Crippen LogP contribution in [0.15, 0.2) is 24.3 Å². The molecule has 0 heterocycles. The minimum atomic E-state index is -0.289. The van der Waals surface area contributed by atoms with Gasteiger partial charge in [0.05, 0.1) is 19.1 Å². The molecule has 1 amide bonds. The molecule has 0 saturated heterocycles. The molecule has 1 N–H and O–H groups in total. The Morgan fingerprint density at radius 2 is 1.79 bits per heavy atom. The molecule has 0 radical (unpaired) electrons. The molecule has 0 aliphatic heterocycles. The second-order valence-corrected chi connectivity index (χ2v) is 6.20. The molecule has 24 heavy (non-hydrogen) atoms. The second-order valence-electron chi connectivity index (χ2n) is 6.20. The number of nitrogens with one attached hydrogen (secondary N) is 1. The normalized spacial score (nSPS) is 12.6. The molecular weight excluding hydrogens is 307 g/mol. The Labute approximate surface area is 145 Å². The van der Waals surface area contributed by atoms with Gasteiger partial charge in [-0.3, -0.25) is 4.79 Å². The number of amides is 1. The lowest BCUT2D eigenvalue weighted by Gasteiger charge is -2.21. The van der Waals surface area contributed by atoms with Crippen LogP contribution in [-0.4, -0.2) is 50.2 Å². The van der Waals surface area contributed by atoms with E-state index in [-0.39, 0.29) is 23.6 Å². The summed E-state index contributed by atoms with van der Waals surface area (Å²) < 4.78 is 18.6. The Bertz CT molecular complexity index is 473. The number of likely N-dealkylation sites (N-methyl/N-ethyl adjacent to an activating group) is 1. The number of hydrogen-bond acceptors (Lipinski definition) is 3. The maximum Gasteiger partial charge on any atom is 0.227 e. The number of carbonyl (C=O) groups excluding carboxylic acids is 1. The third-order valence-corrected chi connectivity index (χ3v) is 4.17. The highest BCUT2D eigenvalue weighted by Gasteiger charge is 2.23. The van der Waals surface area contributed by atoms with Crippen molar-refractivity contribution in [1.29, 1.82) is 0 Å². The number of carbonyl (C=O) groups is 1. The first kappa shape index (κ1) is 20.6. The van der Waals surface area contributed by atoms with Crippen LogP contribution >= 0.6 is 0 Å². The summed E-state index contributed by atoms with van der Waals surface area (Å²) in [6.07, 6.45) is 0. The summed E-state index contributed by atoms with van der Waals surface area (Å²) in [5.41, 5.74) is 0.839. The van der Waals surface area contributed by atoms with Gasteiger partial charge < -0.3 is 15.0 Å². The topological polar surface area (TPSA) is 41.6 Å². The molecule has 5 heteroatoms. The maximum absolute atomic E-state index is 13.1. The monoisotopic (exact) mass is 338 g/mol. The maximum atomic E-state index is 13.1. The molecule has 1 aromatic rings. The number of halogens is 1. The van der Waals surface area contributed by atoms with Gasteiger partial charge in [0.2, 0.25) is 5.91 Å². The minimum absolute atomic E-state index is 0.0380. The molecule has 0 aliphatic rings. The first-order valence-electron chi connectivity index (χ1n) is 8.82. The van der Waals surface area contributed by atoms with Gasteiger partial charge >= 0.3 is 0 Å². The fraction of sp³-hybridized carbons (Fsp3) is 0.632. The first-order chi connectivity index (χ1) is 11.5. The van der Waals surface area contributed by atoms with Gasteiger partial charge in [-0.15, -0.1) is 0 Å². The Morgan fingerprint density at radius 3 is 2.33 bits per heavy atom. The van der Waals surface area contributed by atoms with Gasteiger partial charge in [-0.25, -0.2) is 4.39 Å². The van der Waals surface area contributed by atoms with Crippen molar-refractivity contribution in [3.8, 4) is 0 Å². The van der Waals surface area contributed by atoms with Gasteiger partial charge in [0, 0.05) is 13.1 Å². The van der Waals surface area contributed by atoms with E-state index in [1.807, 2.05) is 13.8 Å². The van der Waals surface area contributed by atoms with Crippen LogP contribution in [0.25, 0.3) is 0 Å². The highest BCUT2D eigenvalue weighted by Crippen LogP contribution is 2.24. The predicted octanol–water partition coefficient (Wildman–Crippen LogP) is 3.04. The van der Waals surface area contributed by atoms with Crippen LogP contribution in [0.1, 0.15) is 39.2 Å². The zero-order valence-corrected chi connectivity index (χ0v) is 15.3. The highest BCUT2D eigenvalue weighted by molar-refractivity contribution is 5.83. The third kappa shape index (κ3) is 6.97. The average Bonchev–Trinajstić information content (AvgIpc) is 2.56. The lowest BCUT2D eigenvalue weighted by atomic mass is 9.87. The van der Waals surface area contributed by atoms with Crippen molar-refractivity contribution < 1.29 is 13.9 Å². The lowest BCUT2D eigenvalue weighted by Crippen LogP contribution is -2.35. The van der Waals surface area contributed by atoms with Crippen molar-refractivity contribution in [2.24, 2.45) is 5.92 Å². The number of benzene rings is 1. The lowest BCUT2D eigenvalue weighted by molar-refractivity contribution is -0.123. The van der Waals surface area contributed by atoms with Crippen molar-refractivity contribution in [1.82, 2.24) is 10.2 Å².